The van der Waals surface area contributed by atoms with Crippen LogP contribution in [0.25, 0.3) is 0 Å². The summed E-state index contributed by atoms with van der Waals surface area (Å²) in [6, 6.07) is 4.14. The van der Waals surface area contributed by atoms with Crippen molar-refractivity contribution < 1.29 is 17.8 Å². The minimum absolute atomic E-state index is 0. The predicted molar refractivity (Wildman–Crippen MR) is 62.5 cm³/mol. The summed E-state index contributed by atoms with van der Waals surface area (Å²) in [4.78, 5) is 10.6. The molecule has 0 heterocycles. The quantitative estimate of drug-likeness (QED) is 0.796. The number of rotatable bonds is 2. The van der Waals surface area contributed by atoms with Crippen LogP contribution in [0, 0.1) is 6.92 Å². The molecule has 90 valence electrons. The van der Waals surface area contributed by atoms with Crippen LogP contribution in [0.2, 0.25) is 0 Å². The molecule has 0 fully saturated rings. The highest BCUT2D eigenvalue weighted by Crippen LogP contribution is 2.19. The summed E-state index contributed by atoms with van der Waals surface area (Å²) in [6.07, 6.45) is 0. The predicted octanol–water partition coefficient (Wildman–Crippen LogP) is 1.62. The zero-order valence-electron chi connectivity index (χ0n) is 8.72. The molecule has 0 aromatic heterocycles. The summed E-state index contributed by atoms with van der Waals surface area (Å²) in [5.74, 6) is -0.242. The molecule has 0 aliphatic carbocycles. The Morgan fingerprint density at radius 1 is 1.38 bits per heavy atom. The average molecular weight is 266 g/mol. The van der Waals surface area contributed by atoms with Gasteiger partial charge in [0.2, 0.25) is 5.91 Å². The molecule has 7 heteroatoms. The fourth-order valence-electron chi connectivity index (χ4n) is 1.22. The third-order valence-electron chi connectivity index (χ3n) is 1.77. The Morgan fingerprint density at radius 3 is 2.31 bits per heavy atom. The lowest BCUT2D eigenvalue weighted by Crippen LogP contribution is -2.07. The maximum absolute atomic E-state index is 10.9. The number of anilines is 1. The van der Waals surface area contributed by atoms with Gasteiger partial charge in [-0.1, -0.05) is 0 Å². The summed E-state index contributed by atoms with van der Waals surface area (Å²) >= 11 is 0. The number of carbonyl (C=O) groups is 1. The fraction of sp³-hybridized carbons (Fsp3) is 0.222. The normalized spacial score (nSPS) is 10.4. The Labute approximate surface area is 100 Å². The van der Waals surface area contributed by atoms with E-state index in [1.807, 2.05) is 0 Å². The molecule has 2 N–H and O–H groups in total. The maximum atomic E-state index is 10.9. The molecule has 0 radical (unpaired) electrons. The second-order valence-electron chi connectivity index (χ2n) is 3.14. The Balaban J connectivity index is 0.00000225. The van der Waals surface area contributed by atoms with Crippen LogP contribution in [0.4, 0.5) is 5.69 Å². The van der Waals surface area contributed by atoms with Gasteiger partial charge in [-0.2, -0.15) is 8.42 Å². The van der Waals surface area contributed by atoms with Crippen LogP contribution >= 0.6 is 12.4 Å². The van der Waals surface area contributed by atoms with Crippen molar-refractivity contribution in [3.05, 3.63) is 23.8 Å². The van der Waals surface area contributed by atoms with Crippen molar-refractivity contribution in [3.63, 3.8) is 0 Å². The van der Waals surface area contributed by atoms with E-state index in [0.717, 1.165) is 0 Å². The number of hydrogen-bond donors (Lipinski definition) is 2. The van der Waals surface area contributed by atoms with Crippen molar-refractivity contribution in [2.75, 3.05) is 5.32 Å². The Hall–Kier alpha value is -1.11. The molecule has 0 atom stereocenters. The average Bonchev–Trinajstić information content (AvgIpc) is 1.99. The topological polar surface area (TPSA) is 83.5 Å². The van der Waals surface area contributed by atoms with Gasteiger partial charge in [0.15, 0.2) is 0 Å². The van der Waals surface area contributed by atoms with Crippen LogP contribution in [-0.4, -0.2) is 18.9 Å². The third-order valence-corrected chi connectivity index (χ3v) is 2.79. The molecule has 5 nitrogen and oxygen atoms in total. The Kier molecular flexibility index (Phi) is 4.92. The van der Waals surface area contributed by atoms with Crippen molar-refractivity contribution in [1.29, 1.82) is 0 Å². The van der Waals surface area contributed by atoms with E-state index in [1.54, 1.807) is 0 Å². The number of carbonyl (C=O) groups excluding carboxylic acids is 1. The minimum Gasteiger partial charge on any atom is -0.326 e. The number of aryl methyl sites for hydroxylation is 1. The first-order valence-electron chi connectivity index (χ1n) is 4.16. The molecule has 1 amide bonds. The zero-order valence-corrected chi connectivity index (χ0v) is 10.4. The van der Waals surface area contributed by atoms with Crippen LogP contribution in [0.15, 0.2) is 23.1 Å². The van der Waals surface area contributed by atoms with Crippen LogP contribution in [-0.2, 0) is 14.9 Å². The van der Waals surface area contributed by atoms with Crippen molar-refractivity contribution in [2.24, 2.45) is 0 Å². The van der Waals surface area contributed by atoms with Gasteiger partial charge in [-0.15, -0.1) is 12.4 Å². The van der Waals surface area contributed by atoms with Crippen molar-refractivity contribution in [3.8, 4) is 0 Å². The SMILES string of the molecule is CC(=O)Nc1ccc(S(=O)(=O)O)c(C)c1.Cl. The van der Waals surface area contributed by atoms with Gasteiger partial charge in [-0.3, -0.25) is 9.35 Å². The monoisotopic (exact) mass is 265 g/mol. The number of nitrogens with one attached hydrogen (secondary N) is 1. The van der Waals surface area contributed by atoms with Gasteiger partial charge < -0.3 is 5.32 Å². The lowest BCUT2D eigenvalue weighted by atomic mass is 10.2. The van der Waals surface area contributed by atoms with Crippen LogP contribution in [0.5, 0.6) is 0 Å². The van der Waals surface area contributed by atoms with E-state index in [9.17, 15) is 13.2 Å². The van der Waals surface area contributed by atoms with Gasteiger partial charge in [0.25, 0.3) is 10.1 Å². The molecule has 0 unspecified atom stereocenters. The molecule has 1 aromatic rings. The lowest BCUT2D eigenvalue weighted by Gasteiger charge is -2.06. The molecular weight excluding hydrogens is 254 g/mol. The first kappa shape index (κ1) is 14.9. The van der Waals surface area contributed by atoms with Crippen LogP contribution in [0.1, 0.15) is 12.5 Å². The number of halogens is 1. The fourth-order valence-corrected chi connectivity index (χ4v) is 1.93. The Morgan fingerprint density at radius 2 is 1.94 bits per heavy atom. The van der Waals surface area contributed by atoms with Gasteiger partial charge in [-0.25, -0.2) is 0 Å². The number of benzene rings is 1. The number of amides is 1. The lowest BCUT2D eigenvalue weighted by molar-refractivity contribution is -0.114. The first-order valence-corrected chi connectivity index (χ1v) is 5.60. The van der Waals surface area contributed by atoms with Gasteiger partial charge in [0.05, 0.1) is 4.90 Å². The molecule has 0 bridgehead atoms. The number of hydrogen-bond acceptors (Lipinski definition) is 3. The standard InChI is InChI=1S/C9H11NO4S.ClH/c1-6-5-8(10-7(2)11)3-4-9(6)15(12,13)14;/h3-5H,1-2H3,(H,10,11)(H,12,13,14);1H. The molecular formula is C9H12ClNO4S. The third kappa shape index (κ3) is 3.80. The highest BCUT2D eigenvalue weighted by molar-refractivity contribution is 7.85. The van der Waals surface area contributed by atoms with E-state index in [0.29, 0.717) is 11.3 Å². The second-order valence-corrected chi connectivity index (χ2v) is 4.53. The van der Waals surface area contributed by atoms with E-state index in [1.165, 1.54) is 32.0 Å². The molecule has 0 aliphatic rings. The largest absolute Gasteiger partial charge is 0.326 e. The summed E-state index contributed by atoms with van der Waals surface area (Å²) in [7, 11) is -4.19. The highest BCUT2D eigenvalue weighted by Gasteiger charge is 2.12. The van der Waals surface area contributed by atoms with Crippen molar-refractivity contribution in [2.45, 2.75) is 18.7 Å². The molecule has 0 saturated heterocycles. The van der Waals surface area contributed by atoms with E-state index < -0.39 is 10.1 Å². The summed E-state index contributed by atoms with van der Waals surface area (Å²) in [5.41, 5.74) is 0.871. The minimum atomic E-state index is -4.19. The molecule has 1 rings (SSSR count). The van der Waals surface area contributed by atoms with Crippen molar-refractivity contribution >= 4 is 34.1 Å². The molecule has 1 aromatic carbocycles. The van der Waals surface area contributed by atoms with Crippen LogP contribution in [0.3, 0.4) is 0 Å². The summed E-state index contributed by atoms with van der Waals surface area (Å²) in [6.45, 7) is 2.89. The van der Waals surface area contributed by atoms with E-state index in [4.69, 9.17) is 4.55 Å². The summed E-state index contributed by atoms with van der Waals surface area (Å²) in [5, 5.41) is 2.51. The molecule has 16 heavy (non-hydrogen) atoms. The van der Waals surface area contributed by atoms with E-state index in [-0.39, 0.29) is 23.2 Å². The van der Waals surface area contributed by atoms with Gasteiger partial charge >= 0.3 is 0 Å². The van der Waals surface area contributed by atoms with Gasteiger partial charge in [0, 0.05) is 12.6 Å². The molecule has 0 saturated carbocycles. The first-order chi connectivity index (χ1) is 6.80. The van der Waals surface area contributed by atoms with Crippen LogP contribution < -0.4 is 5.32 Å². The molecule has 0 spiro atoms. The second kappa shape index (κ2) is 5.29. The summed E-state index contributed by atoms with van der Waals surface area (Å²) < 4.78 is 30.5. The maximum Gasteiger partial charge on any atom is 0.294 e. The molecule has 0 aliphatic heterocycles. The zero-order chi connectivity index (χ0) is 11.6. The van der Waals surface area contributed by atoms with Gasteiger partial charge in [-0.05, 0) is 30.7 Å². The van der Waals surface area contributed by atoms with Gasteiger partial charge in [0.1, 0.15) is 0 Å². The highest BCUT2D eigenvalue weighted by atomic mass is 35.5. The Bertz CT molecular complexity index is 498. The van der Waals surface area contributed by atoms with E-state index >= 15 is 0 Å². The smallest absolute Gasteiger partial charge is 0.294 e. The van der Waals surface area contributed by atoms with Crippen molar-refractivity contribution in [1.82, 2.24) is 0 Å². The van der Waals surface area contributed by atoms with E-state index in [2.05, 4.69) is 5.32 Å².